The number of nitrogens with one attached hydrogen (secondary N) is 1. The van der Waals surface area contributed by atoms with E-state index in [-0.39, 0.29) is 11.6 Å². The summed E-state index contributed by atoms with van der Waals surface area (Å²) in [6, 6.07) is 0. The van der Waals surface area contributed by atoms with Crippen LogP contribution in [0, 0.1) is 10.1 Å². The van der Waals surface area contributed by atoms with Crippen molar-refractivity contribution in [1.82, 2.24) is 9.97 Å². The summed E-state index contributed by atoms with van der Waals surface area (Å²) < 4.78 is 5.24. The molecule has 0 spiro atoms. The monoisotopic (exact) mass is 213 g/mol. The van der Waals surface area contributed by atoms with E-state index in [0.717, 1.165) is 6.20 Å². The molecule has 0 atom stereocenters. The molecule has 0 bridgehead atoms. The molecule has 1 aromatic rings. The smallest absolute Gasteiger partial charge is 0.348 e. The molecule has 0 saturated carbocycles. The number of H-pyrrole nitrogens is 1. The Kier molecular flexibility index (Phi) is 2.74. The van der Waals surface area contributed by atoms with Gasteiger partial charge in [0.05, 0.1) is 4.92 Å². The summed E-state index contributed by atoms with van der Waals surface area (Å²) in [7, 11) is 0. The molecule has 0 unspecified atom stereocenters. The van der Waals surface area contributed by atoms with Crippen LogP contribution in [-0.4, -0.2) is 20.5 Å². The number of hydrogen-bond donors (Lipinski definition) is 1. The van der Waals surface area contributed by atoms with Gasteiger partial charge in [0.25, 0.3) is 5.88 Å². The highest BCUT2D eigenvalue weighted by atomic mass is 16.6. The lowest BCUT2D eigenvalue weighted by atomic mass is 10.2. The van der Waals surface area contributed by atoms with Gasteiger partial charge in [-0.2, -0.15) is 4.98 Å². The Labute approximate surface area is 85.3 Å². The van der Waals surface area contributed by atoms with Gasteiger partial charge < -0.3 is 4.74 Å². The second-order valence-electron chi connectivity index (χ2n) is 3.87. The van der Waals surface area contributed by atoms with Crippen LogP contribution in [0.2, 0.25) is 0 Å². The van der Waals surface area contributed by atoms with Crippen LogP contribution >= 0.6 is 0 Å². The van der Waals surface area contributed by atoms with Crippen LogP contribution in [0.1, 0.15) is 20.8 Å². The molecule has 0 aliphatic heterocycles. The summed E-state index contributed by atoms with van der Waals surface area (Å²) in [6.07, 6.45) is 0.875. The quantitative estimate of drug-likeness (QED) is 0.580. The number of rotatable bonds is 2. The van der Waals surface area contributed by atoms with Crippen molar-refractivity contribution in [3.8, 4) is 5.88 Å². The molecule has 1 rings (SSSR count). The zero-order chi connectivity index (χ0) is 11.6. The van der Waals surface area contributed by atoms with Crippen LogP contribution in [0.3, 0.4) is 0 Å². The van der Waals surface area contributed by atoms with Crippen molar-refractivity contribution in [2.45, 2.75) is 26.4 Å². The Bertz CT molecular complexity index is 432. The molecule has 0 fully saturated rings. The molecule has 0 amide bonds. The van der Waals surface area contributed by atoms with Crippen LogP contribution in [-0.2, 0) is 0 Å². The molecule has 1 N–H and O–H groups in total. The summed E-state index contributed by atoms with van der Waals surface area (Å²) >= 11 is 0. The van der Waals surface area contributed by atoms with Crippen LogP contribution < -0.4 is 10.4 Å². The van der Waals surface area contributed by atoms with Crippen molar-refractivity contribution in [2.24, 2.45) is 0 Å². The Hall–Kier alpha value is -1.92. The summed E-state index contributed by atoms with van der Waals surface area (Å²) in [5.74, 6) is -0.174. The summed E-state index contributed by atoms with van der Waals surface area (Å²) in [5.41, 5.74) is -1.67. The van der Waals surface area contributed by atoms with E-state index in [4.69, 9.17) is 4.74 Å². The predicted molar refractivity (Wildman–Crippen MR) is 51.9 cm³/mol. The lowest BCUT2D eigenvalue weighted by Crippen LogP contribution is -2.26. The molecule has 0 aliphatic carbocycles. The summed E-state index contributed by atoms with van der Waals surface area (Å²) in [5, 5.41) is 10.6. The maximum Gasteiger partial charge on any atom is 0.348 e. The normalized spacial score (nSPS) is 11.1. The highest BCUT2D eigenvalue weighted by Gasteiger charge is 2.22. The van der Waals surface area contributed by atoms with Crippen LogP contribution in [0.25, 0.3) is 0 Å². The Morgan fingerprint density at radius 2 is 2.13 bits per heavy atom. The lowest BCUT2D eigenvalue weighted by Gasteiger charge is -2.19. The third-order valence-corrected chi connectivity index (χ3v) is 1.36. The van der Waals surface area contributed by atoms with Gasteiger partial charge in [-0.05, 0) is 20.8 Å². The van der Waals surface area contributed by atoms with Crippen LogP contribution in [0.4, 0.5) is 5.69 Å². The first-order valence-electron chi connectivity index (χ1n) is 4.22. The predicted octanol–water partition coefficient (Wildman–Crippen LogP) is 0.855. The van der Waals surface area contributed by atoms with Gasteiger partial charge in [-0.3, -0.25) is 15.1 Å². The first kappa shape index (κ1) is 11.2. The van der Waals surface area contributed by atoms with E-state index in [0.29, 0.717) is 0 Å². The van der Waals surface area contributed by atoms with E-state index in [1.54, 1.807) is 20.8 Å². The molecule has 0 saturated heterocycles. The van der Waals surface area contributed by atoms with Crippen molar-refractivity contribution in [3.63, 3.8) is 0 Å². The third kappa shape index (κ3) is 3.04. The second-order valence-corrected chi connectivity index (χ2v) is 3.87. The molecule has 0 radical (unpaired) electrons. The van der Waals surface area contributed by atoms with E-state index in [9.17, 15) is 14.9 Å². The number of aromatic nitrogens is 2. The molecule has 0 aliphatic rings. The average Bonchev–Trinajstić information content (AvgIpc) is 1.99. The van der Waals surface area contributed by atoms with Gasteiger partial charge in [-0.15, -0.1) is 0 Å². The number of hydrogen-bond acceptors (Lipinski definition) is 5. The molecule has 7 heteroatoms. The van der Waals surface area contributed by atoms with Gasteiger partial charge >= 0.3 is 11.4 Å². The fourth-order valence-corrected chi connectivity index (χ4v) is 0.886. The number of nitrogens with zero attached hydrogens (tertiary/aromatic N) is 2. The van der Waals surface area contributed by atoms with E-state index < -0.39 is 16.2 Å². The number of ether oxygens (including phenoxy) is 1. The van der Waals surface area contributed by atoms with E-state index in [1.807, 2.05) is 0 Å². The van der Waals surface area contributed by atoms with Gasteiger partial charge in [0.1, 0.15) is 11.8 Å². The largest absolute Gasteiger partial charge is 0.468 e. The highest BCUT2D eigenvalue weighted by Crippen LogP contribution is 2.24. The molecule has 1 aromatic heterocycles. The Morgan fingerprint density at radius 1 is 1.53 bits per heavy atom. The number of aromatic amines is 1. The standard InChI is InChI=1S/C8H11N3O4/c1-8(2,3)15-6-5(11(13)14)4-9-7(12)10-6/h4H,1-3H3,(H,9,10,12). The first-order chi connectivity index (χ1) is 6.79. The van der Waals surface area contributed by atoms with E-state index in [1.165, 1.54) is 0 Å². The van der Waals surface area contributed by atoms with Gasteiger partial charge in [-0.25, -0.2) is 4.79 Å². The summed E-state index contributed by atoms with van der Waals surface area (Å²) in [6.45, 7) is 5.15. The van der Waals surface area contributed by atoms with Gasteiger partial charge in [0.15, 0.2) is 0 Å². The van der Waals surface area contributed by atoms with Crippen molar-refractivity contribution in [2.75, 3.05) is 0 Å². The number of nitro groups is 1. The molecule has 1 heterocycles. The van der Waals surface area contributed by atoms with Gasteiger partial charge in [0, 0.05) is 0 Å². The van der Waals surface area contributed by atoms with Crippen LogP contribution in [0.5, 0.6) is 5.88 Å². The Balaban J connectivity index is 3.19. The highest BCUT2D eigenvalue weighted by molar-refractivity contribution is 5.37. The zero-order valence-electron chi connectivity index (χ0n) is 8.60. The maximum absolute atomic E-state index is 10.9. The molecular formula is C8H11N3O4. The van der Waals surface area contributed by atoms with Gasteiger partial charge in [0.2, 0.25) is 0 Å². The minimum absolute atomic E-state index is 0.174. The lowest BCUT2D eigenvalue weighted by molar-refractivity contribution is -0.386. The van der Waals surface area contributed by atoms with E-state index >= 15 is 0 Å². The Morgan fingerprint density at radius 3 is 2.60 bits per heavy atom. The molecule has 0 aromatic carbocycles. The van der Waals surface area contributed by atoms with E-state index in [2.05, 4.69) is 9.97 Å². The first-order valence-corrected chi connectivity index (χ1v) is 4.22. The molecule has 7 nitrogen and oxygen atoms in total. The average molecular weight is 213 g/mol. The van der Waals surface area contributed by atoms with Crippen molar-refractivity contribution in [3.05, 3.63) is 26.8 Å². The van der Waals surface area contributed by atoms with Crippen molar-refractivity contribution in [1.29, 1.82) is 0 Å². The molecular weight excluding hydrogens is 202 g/mol. The topological polar surface area (TPSA) is 98.1 Å². The molecule has 82 valence electrons. The van der Waals surface area contributed by atoms with Gasteiger partial charge in [-0.1, -0.05) is 0 Å². The fourth-order valence-electron chi connectivity index (χ4n) is 0.886. The second kappa shape index (κ2) is 3.68. The third-order valence-electron chi connectivity index (χ3n) is 1.36. The fraction of sp³-hybridized carbons (Fsp3) is 0.500. The molecule has 15 heavy (non-hydrogen) atoms. The SMILES string of the molecule is CC(C)(C)Oc1[nH]c(=O)ncc1[N+](=O)[O-]. The van der Waals surface area contributed by atoms with Crippen molar-refractivity contribution >= 4 is 5.69 Å². The van der Waals surface area contributed by atoms with Crippen molar-refractivity contribution < 1.29 is 9.66 Å². The minimum Gasteiger partial charge on any atom is -0.468 e. The minimum atomic E-state index is -0.681. The zero-order valence-corrected chi connectivity index (χ0v) is 8.60. The van der Waals surface area contributed by atoms with Crippen LogP contribution in [0.15, 0.2) is 11.0 Å². The maximum atomic E-state index is 10.9. The summed E-state index contributed by atoms with van der Waals surface area (Å²) in [4.78, 5) is 26.2.